The summed E-state index contributed by atoms with van der Waals surface area (Å²) in [5, 5.41) is 0. The van der Waals surface area contributed by atoms with Gasteiger partial charge in [-0.2, -0.15) is 53.1 Å². The van der Waals surface area contributed by atoms with E-state index in [9.17, 15) is 26.3 Å². The van der Waals surface area contributed by atoms with Gasteiger partial charge >= 0.3 is 137 Å². The molecule has 6 rings (SSSR count). The molecule has 0 heterocycles. The number of hydrogen-bond donors (Lipinski definition) is 0. The molecule has 1 aliphatic carbocycles. The molecule has 0 saturated heterocycles. The predicted molar refractivity (Wildman–Crippen MR) is 170 cm³/mol. The third-order valence-corrected chi connectivity index (χ3v) is 9.08. The van der Waals surface area contributed by atoms with Gasteiger partial charge in [0.15, 0.2) is 0 Å². The maximum atomic E-state index is 12.7. The summed E-state index contributed by atoms with van der Waals surface area (Å²) >= 11 is 0.729. The molecule has 0 atom stereocenters. The monoisotopic (exact) mass is 776 g/mol. The molecule has 0 fully saturated rings. The van der Waals surface area contributed by atoms with Gasteiger partial charge in [-0.1, -0.05) is 74.9 Å². The largest absolute Gasteiger partial charge is 1.00 e. The number of fused-ring (bicyclic) bond motifs is 3. The number of halogens is 8. The van der Waals surface area contributed by atoms with Crippen LogP contribution in [0.2, 0.25) is 0 Å². The molecule has 0 N–H and O–H groups in total. The molecule has 9 heteroatoms. The molecule has 0 aromatic heterocycles. The molecular formula is C39H34Cl2F6Zr-2. The van der Waals surface area contributed by atoms with Crippen LogP contribution in [-0.2, 0) is 54.8 Å². The molecule has 0 spiro atoms. The Balaban J connectivity index is 0.000000263. The number of aryl methyl sites for hydroxylation is 1. The molecular weight excluding hydrogens is 745 g/mol. The van der Waals surface area contributed by atoms with Gasteiger partial charge in [0.05, 0.1) is 0 Å². The Kier molecular flexibility index (Phi) is 14.8. The van der Waals surface area contributed by atoms with Gasteiger partial charge in [0, 0.05) is 0 Å². The van der Waals surface area contributed by atoms with Gasteiger partial charge in [-0.05, 0) is 6.42 Å². The smallest absolute Gasteiger partial charge is 0.0253 e. The zero-order valence-electron chi connectivity index (χ0n) is 26.8. The Bertz CT molecular complexity index is 1690. The molecule has 0 nitrogen and oxygen atoms in total. The minimum atomic E-state index is -4.49. The van der Waals surface area contributed by atoms with Crippen molar-refractivity contribution in [1.29, 1.82) is 0 Å². The summed E-state index contributed by atoms with van der Waals surface area (Å²) in [7, 11) is 0. The number of hydrogen-bond acceptors (Lipinski definition) is 0. The molecule has 0 bridgehead atoms. The van der Waals surface area contributed by atoms with Crippen molar-refractivity contribution in [3.63, 3.8) is 0 Å². The average molecular weight is 779 g/mol. The SMILES string of the molecule is CCc1cc(C(C)(C)C)c[cH-]1.FC(F)(F)c1cccc([C](=[Zr+2])c2cccc(C(F)(F)F)c2)c1.[Cl-].[Cl-].[c-]1cccc2c1Cc1ccccc1-2. The van der Waals surface area contributed by atoms with Gasteiger partial charge in [0.25, 0.3) is 0 Å². The van der Waals surface area contributed by atoms with Crippen LogP contribution in [0.1, 0.15) is 72.2 Å². The summed E-state index contributed by atoms with van der Waals surface area (Å²) in [5.41, 5.74) is 7.63. The molecule has 5 aromatic rings. The van der Waals surface area contributed by atoms with E-state index in [-0.39, 0.29) is 35.9 Å². The van der Waals surface area contributed by atoms with Crippen molar-refractivity contribution in [2.75, 3.05) is 0 Å². The molecule has 0 saturated carbocycles. The third-order valence-electron chi connectivity index (χ3n) is 7.67. The van der Waals surface area contributed by atoms with Crippen LogP contribution in [0.15, 0.2) is 109 Å². The first-order valence-corrected chi connectivity index (χ1v) is 16.1. The summed E-state index contributed by atoms with van der Waals surface area (Å²) in [6.07, 6.45) is -6.77. The molecule has 0 radical (unpaired) electrons. The summed E-state index contributed by atoms with van der Waals surface area (Å²) in [6.45, 7) is 8.95. The topological polar surface area (TPSA) is 0 Å². The summed E-state index contributed by atoms with van der Waals surface area (Å²) in [4.78, 5) is 0. The van der Waals surface area contributed by atoms with Crippen molar-refractivity contribution in [3.05, 3.63) is 160 Å². The first-order chi connectivity index (χ1) is 21.6. The molecule has 0 amide bonds. The Labute approximate surface area is 306 Å². The van der Waals surface area contributed by atoms with E-state index in [0.717, 1.165) is 61.3 Å². The van der Waals surface area contributed by atoms with Gasteiger partial charge in [0.1, 0.15) is 0 Å². The zero-order chi connectivity index (χ0) is 33.7. The van der Waals surface area contributed by atoms with Crippen molar-refractivity contribution in [2.45, 2.75) is 58.3 Å². The number of benzene rings is 4. The molecule has 0 unspecified atom stereocenters. The van der Waals surface area contributed by atoms with E-state index in [2.05, 4.69) is 88.4 Å². The normalized spacial score (nSPS) is 11.8. The van der Waals surface area contributed by atoms with Crippen molar-refractivity contribution in [2.24, 2.45) is 0 Å². The second kappa shape index (κ2) is 17.2. The van der Waals surface area contributed by atoms with E-state index >= 15 is 0 Å². The second-order valence-electron chi connectivity index (χ2n) is 12.0. The Morgan fingerprint density at radius 2 is 1.25 bits per heavy atom. The van der Waals surface area contributed by atoms with Crippen LogP contribution in [0.4, 0.5) is 26.3 Å². The van der Waals surface area contributed by atoms with Crippen molar-refractivity contribution in [1.82, 2.24) is 0 Å². The van der Waals surface area contributed by atoms with Crippen molar-refractivity contribution in [3.8, 4) is 11.1 Å². The quantitative estimate of drug-likeness (QED) is 0.172. The van der Waals surface area contributed by atoms with Gasteiger partial charge in [-0.15, -0.1) is 5.56 Å². The van der Waals surface area contributed by atoms with Crippen LogP contribution in [0.3, 0.4) is 0 Å². The first-order valence-electron chi connectivity index (χ1n) is 14.9. The van der Waals surface area contributed by atoms with E-state index in [1.165, 1.54) is 57.6 Å². The van der Waals surface area contributed by atoms with Crippen LogP contribution in [-0.4, -0.2) is 3.21 Å². The van der Waals surface area contributed by atoms with Crippen molar-refractivity contribution < 1.29 is 75.4 Å². The fraction of sp³-hybridized carbons (Fsp3) is 0.231. The summed E-state index contributed by atoms with van der Waals surface area (Å²) < 4.78 is 76.7. The Morgan fingerprint density at radius 1 is 0.708 bits per heavy atom. The molecule has 252 valence electrons. The molecule has 0 aliphatic heterocycles. The van der Waals surface area contributed by atoms with E-state index in [0.29, 0.717) is 8.62 Å². The Hall–Kier alpha value is -2.86. The van der Waals surface area contributed by atoms with Crippen LogP contribution in [0.5, 0.6) is 0 Å². The van der Waals surface area contributed by atoms with Gasteiger partial charge < -0.3 is 24.8 Å². The molecule has 1 aliphatic rings. The maximum absolute atomic E-state index is 12.7. The average Bonchev–Trinajstić information content (AvgIpc) is 3.66. The minimum Gasteiger partial charge on any atom is -1.00 e. The molecule has 48 heavy (non-hydrogen) atoms. The molecule has 5 aromatic carbocycles. The fourth-order valence-electron chi connectivity index (χ4n) is 5.05. The van der Waals surface area contributed by atoms with Crippen LogP contribution in [0.25, 0.3) is 11.1 Å². The van der Waals surface area contributed by atoms with Crippen LogP contribution < -0.4 is 24.8 Å². The first kappa shape index (κ1) is 41.3. The van der Waals surface area contributed by atoms with Crippen LogP contribution in [0, 0.1) is 6.07 Å². The van der Waals surface area contributed by atoms with Crippen LogP contribution >= 0.6 is 0 Å². The summed E-state index contributed by atoms with van der Waals surface area (Å²) in [5.74, 6) is 0. The standard InChI is InChI=1S/C15H8F6.C13H9.C11H17.2ClH.Zr/c16-14(17,18)12-5-1-3-10(8-12)7-11-4-2-6-13(9-11)15(19,20)21;1-3-7-12-10(5-1)9-11-6-2-4-8-13(11)12;1-5-9-6-7-10(8-9)11(2,3)4;;;/h1-6,8-9H;1-5,7-8H,9H2;6-8H,5H2,1-4H3;2*1H;/q;2*-1;;;+2/p-2. The maximum Gasteiger partial charge on any atom is -0.0253 e. The predicted octanol–water partition coefficient (Wildman–Crippen LogP) is 5.17. The van der Waals surface area contributed by atoms with E-state index in [1.807, 2.05) is 6.07 Å². The minimum absolute atomic E-state index is 0. The number of rotatable bonds is 3. The van der Waals surface area contributed by atoms with Crippen molar-refractivity contribution >= 4 is 3.21 Å². The number of alkyl halides is 6. The fourth-order valence-corrected chi connectivity index (χ4v) is 5.81. The zero-order valence-corrected chi connectivity index (χ0v) is 30.8. The van der Waals surface area contributed by atoms with Gasteiger partial charge in [-0.25, -0.2) is 6.07 Å². The van der Waals surface area contributed by atoms with Gasteiger partial charge in [-0.3, -0.25) is 0 Å². The van der Waals surface area contributed by atoms with E-state index in [1.54, 1.807) is 0 Å². The van der Waals surface area contributed by atoms with Gasteiger partial charge in [0.2, 0.25) is 0 Å². The van der Waals surface area contributed by atoms with E-state index < -0.39 is 23.5 Å². The van der Waals surface area contributed by atoms with E-state index in [4.69, 9.17) is 0 Å². The summed E-state index contributed by atoms with van der Waals surface area (Å²) in [6, 6.07) is 34.0. The second-order valence-corrected chi connectivity index (χ2v) is 13.3. The third kappa shape index (κ3) is 10.8. The Morgan fingerprint density at radius 3 is 1.73 bits per heavy atom.